The number of hydrogen-bond donors (Lipinski definition) is 0. The first-order valence-electron chi connectivity index (χ1n) is 12.4. The number of rotatable bonds is 5. The Hall–Kier alpha value is -2.62. The van der Waals surface area contributed by atoms with Crippen LogP contribution in [0.2, 0.25) is 0 Å². The molecule has 5 atom stereocenters. The van der Waals surface area contributed by atoms with Gasteiger partial charge in [0.05, 0.1) is 5.56 Å². The number of esters is 1. The highest BCUT2D eigenvalue weighted by atomic mass is 16.5. The van der Waals surface area contributed by atoms with Gasteiger partial charge in [0.25, 0.3) is 0 Å². The summed E-state index contributed by atoms with van der Waals surface area (Å²) in [5.41, 5.74) is 4.55. The van der Waals surface area contributed by atoms with Crippen molar-refractivity contribution in [3.8, 4) is 5.75 Å². The van der Waals surface area contributed by atoms with Gasteiger partial charge in [0.15, 0.2) is 5.78 Å². The number of ketones is 1. The quantitative estimate of drug-likeness (QED) is 0.402. The van der Waals surface area contributed by atoms with Crippen LogP contribution in [0.1, 0.15) is 85.8 Å². The monoisotopic (exact) mass is 446 g/mol. The second-order valence-electron chi connectivity index (χ2n) is 10.5. The molecule has 2 aromatic carbocycles. The maximum absolute atomic E-state index is 12.6. The number of Topliss-reactive ketones (excluding diaryl/α,β-unsaturated/α-hetero) is 1. The molecule has 4 heteroatoms. The third-order valence-electron chi connectivity index (χ3n) is 8.66. The Morgan fingerprint density at radius 2 is 1.82 bits per heavy atom. The van der Waals surface area contributed by atoms with E-state index in [1.807, 2.05) is 30.3 Å². The lowest BCUT2D eigenvalue weighted by atomic mass is 9.55. The molecular formula is C29H34O4. The molecule has 0 spiro atoms. The van der Waals surface area contributed by atoms with Crippen LogP contribution in [0.15, 0.2) is 42.5 Å². The molecule has 3 unspecified atom stereocenters. The molecule has 0 saturated heterocycles. The standard InChI is InChI=1S/C29H34O4/c1-18(30)24-16-25-21(15-27(24)32-17-20-7-5-4-6-8-20)9-10-23-22(25)13-14-29(3)26(23)11-12-28(29)33-19(2)31/h4-8,15-16,22-23,26,28H,9-14,17H2,1-3H3/t22?,23?,26?,28-,29-/m0/s1. The van der Waals surface area contributed by atoms with Crippen LogP contribution in [-0.2, 0) is 22.6 Å². The summed E-state index contributed by atoms with van der Waals surface area (Å²) in [4.78, 5) is 24.2. The van der Waals surface area contributed by atoms with Gasteiger partial charge in [-0.3, -0.25) is 9.59 Å². The van der Waals surface area contributed by atoms with Crippen LogP contribution >= 0.6 is 0 Å². The van der Waals surface area contributed by atoms with Crippen LogP contribution < -0.4 is 4.74 Å². The van der Waals surface area contributed by atoms with Crippen molar-refractivity contribution in [1.29, 1.82) is 0 Å². The molecule has 0 aromatic heterocycles. The van der Waals surface area contributed by atoms with Crippen LogP contribution in [0.25, 0.3) is 0 Å². The largest absolute Gasteiger partial charge is 0.488 e. The third kappa shape index (κ3) is 3.98. The molecule has 5 rings (SSSR count). The predicted octanol–water partition coefficient (Wildman–Crippen LogP) is 6.26. The van der Waals surface area contributed by atoms with Crippen molar-refractivity contribution in [2.24, 2.45) is 17.3 Å². The second-order valence-corrected chi connectivity index (χ2v) is 10.5. The normalized spacial score (nSPS) is 30.0. The molecule has 2 fully saturated rings. The summed E-state index contributed by atoms with van der Waals surface area (Å²) in [7, 11) is 0. The van der Waals surface area contributed by atoms with Gasteiger partial charge in [-0.15, -0.1) is 0 Å². The maximum atomic E-state index is 12.6. The molecule has 0 N–H and O–H groups in total. The number of carbonyl (C=O) groups is 2. The van der Waals surface area contributed by atoms with Gasteiger partial charge in [-0.2, -0.15) is 0 Å². The van der Waals surface area contributed by atoms with Gasteiger partial charge in [-0.1, -0.05) is 37.3 Å². The maximum Gasteiger partial charge on any atom is 0.302 e. The minimum atomic E-state index is -0.160. The van der Waals surface area contributed by atoms with Crippen LogP contribution in [0.3, 0.4) is 0 Å². The molecule has 174 valence electrons. The van der Waals surface area contributed by atoms with Gasteiger partial charge in [-0.05, 0) is 92.0 Å². The summed E-state index contributed by atoms with van der Waals surface area (Å²) in [6.45, 7) is 5.96. The lowest BCUT2D eigenvalue weighted by molar-refractivity contribution is -0.154. The fraction of sp³-hybridized carbons (Fsp3) is 0.517. The second kappa shape index (κ2) is 8.62. The van der Waals surface area contributed by atoms with E-state index in [0.29, 0.717) is 35.7 Å². The fourth-order valence-corrected chi connectivity index (χ4v) is 7.07. The van der Waals surface area contributed by atoms with E-state index in [1.54, 1.807) is 6.92 Å². The van der Waals surface area contributed by atoms with Gasteiger partial charge in [0, 0.05) is 12.3 Å². The number of hydrogen-bond acceptors (Lipinski definition) is 4. The summed E-state index contributed by atoms with van der Waals surface area (Å²) in [5, 5.41) is 0. The Bertz CT molecular complexity index is 1060. The van der Waals surface area contributed by atoms with Gasteiger partial charge in [0.1, 0.15) is 18.5 Å². The van der Waals surface area contributed by atoms with Crippen LogP contribution in [0.4, 0.5) is 0 Å². The van der Waals surface area contributed by atoms with E-state index in [2.05, 4.69) is 19.1 Å². The number of fused-ring (bicyclic) bond motifs is 5. The molecule has 3 aliphatic rings. The van der Waals surface area contributed by atoms with E-state index in [1.165, 1.54) is 18.1 Å². The highest BCUT2D eigenvalue weighted by molar-refractivity contribution is 5.97. The van der Waals surface area contributed by atoms with Crippen LogP contribution in [-0.4, -0.2) is 17.9 Å². The van der Waals surface area contributed by atoms with E-state index in [-0.39, 0.29) is 23.3 Å². The highest BCUT2D eigenvalue weighted by Crippen LogP contribution is 2.61. The Balaban J connectivity index is 1.42. The average molecular weight is 447 g/mol. The lowest BCUT2D eigenvalue weighted by Gasteiger charge is -2.50. The zero-order valence-corrected chi connectivity index (χ0v) is 19.9. The first kappa shape index (κ1) is 22.2. The number of aryl methyl sites for hydroxylation is 1. The topological polar surface area (TPSA) is 52.6 Å². The molecule has 0 bridgehead atoms. The van der Waals surface area contributed by atoms with E-state index in [9.17, 15) is 9.59 Å². The Labute approximate surface area is 196 Å². The fourth-order valence-electron chi connectivity index (χ4n) is 7.07. The Kier molecular flexibility index (Phi) is 5.80. The molecule has 0 radical (unpaired) electrons. The zero-order valence-electron chi connectivity index (χ0n) is 19.9. The summed E-state index contributed by atoms with van der Waals surface area (Å²) >= 11 is 0. The SMILES string of the molecule is CC(=O)O[C@H]1CCC2C3CCc4cc(OCc5ccccc5)c(C(C)=O)cc4C3CC[C@@]21C. The van der Waals surface area contributed by atoms with Crippen molar-refractivity contribution in [2.45, 2.75) is 77.9 Å². The van der Waals surface area contributed by atoms with Crippen LogP contribution in [0.5, 0.6) is 5.75 Å². The molecule has 2 saturated carbocycles. The van der Waals surface area contributed by atoms with E-state index >= 15 is 0 Å². The summed E-state index contributed by atoms with van der Waals surface area (Å²) in [6, 6.07) is 14.4. The summed E-state index contributed by atoms with van der Waals surface area (Å²) < 4.78 is 11.9. The van der Waals surface area contributed by atoms with Crippen molar-refractivity contribution in [3.05, 3.63) is 64.7 Å². The van der Waals surface area contributed by atoms with Crippen LogP contribution in [0, 0.1) is 17.3 Å². The first-order valence-corrected chi connectivity index (χ1v) is 12.4. The van der Waals surface area contributed by atoms with Crippen molar-refractivity contribution >= 4 is 11.8 Å². The van der Waals surface area contributed by atoms with Gasteiger partial charge in [0.2, 0.25) is 0 Å². The summed E-state index contributed by atoms with van der Waals surface area (Å²) in [6.07, 6.45) is 6.47. The minimum Gasteiger partial charge on any atom is -0.488 e. The Morgan fingerprint density at radius 3 is 2.55 bits per heavy atom. The number of ether oxygens (including phenoxy) is 2. The summed E-state index contributed by atoms with van der Waals surface area (Å²) in [5.74, 6) is 2.24. The van der Waals surface area contributed by atoms with Gasteiger partial charge >= 0.3 is 5.97 Å². The molecule has 3 aliphatic carbocycles. The van der Waals surface area contributed by atoms with Crippen molar-refractivity contribution in [3.63, 3.8) is 0 Å². The van der Waals surface area contributed by atoms with E-state index in [4.69, 9.17) is 9.47 Å². The third-order valence-corrected chi connectivity index (χ3v) is 8.66. The average Bonchev–Trinajstić information content (AvgIpc) is 3.13. The minimum absolute atomic E-state index is 0.0453. The smallest absolute Gasteiger partial charge is 0.302 e. The highest BCUT2D eigenvalue weighted by Gasteiger charge is 2.56. The van der Waals surface area contributed by atoms with Crippen molar-refractivity contribution in [2.75, 3.05) is 0 Å². The molecule has 0 amide bonds. The van der Waals surface area contributed by atoms with Crippen molar-refractivity contribution in [1.82, 2.24) is 0 Å². The van der Waals surface area contributed by atoms with E-state index < -0.39 is 0 Å². The molecule has 2 aromatic rings. The van der Waals surface area contributed by atoms with E-state index in [0.717, 1.165) is 44.1 Å². The first-order chi connectivity index (χ1) is 15.9. The Morgan fingerprint density at radius 1 is 1.03 bits per heavy atom. The molecule has 4 nitrogen and oxygen atoms in total. The predicted molar refractivity (Wildman–Crippen MR) is 127 cm³/mol. The van der Waals surface area contributed by atoms with Crippen molar-refractivity contribution < 1.29 is 19.1 Å². The van der Waals surface area contributed by atoms with Gasteiger partial charge < -0.3 is 9.47 Å². The zero-order chi connectivity index (χ0) is 23.2. The molecule has 0 aliphatic heterocycles. The number of carbonyl (C=O) groups excluding carboxylic acids is 2. The molecular weight excluding hydrogens is 412 g/mol. The molecule has 33 heavy (non-hydrogen) atoms. The lowest BCUT2D eigenvalue weighted by Crippen LogP contribution is -2.45. The molecule has 0 heterocycles. The van der Waals surface area contributed by atoms with Gasteiger partial charge in [-0.25, -0.2) is 0 Å². The number of benzene rings is 2.